The van der Waals surface area contributed by atoms with Crippen LogP contribution in [-0.2, 0) is 11.2 Å². The summed E-state index contributed by atoms with van der Waals surface area (Å²) in [4.78, 5) is 14.7. The lowest BCUT2D eigenvalue weighted by Gasteiger charge is -2.18. The molecule has 0 aliphatic carbocycles. The number of carbonyl (C=O) groups is 1. The van der Waals surface area contributed by atoms with E-state index in [1.54, 1.807) is 26.2 Å². The highest BCUT2D eigenvalue weighted by Crippen LogP contribution is 2.21. The number of rotatable bonds is 3. The Labute approximate surface area is 77.4 Å². The summed E-state index contributed by atoms with van der Waals surface area (Å²) in [5.41, 5.74) is 0.295. The predicted octanol–water partition coefficient (Wildman–Crippen LogP) is 1.73. The number of hydrogen-bond donors (Lipinski definition) is 1. The molecule has 1 heterocycles. The first-order valence-electron chi connectivity index (χ1n) is 4.15. The Kier molecular flexibility index (Phi) is 2.66. The molecule has 70 valence electrons. The molecular formula is C10H13NO2. The van der Waals surface area contributed by atoms with Gasteiger partial charge in [0.25, 0.3) is 0 Å². The van der Waals surface area contributed by atoms with Crippen LogP contribution in [0.2, 0.25) is 0 Å². The van der Waals surface area contributed by atoms with E-state index in [9.17, 15) is 4.79 Å². The molecule has 1 aromatic heterocycles. The molecule has 1 aromatic rings. The zero-order valence-corrected chi connectivity index (χ0v) is 7.82. The molecule has 0 radical (unpaired) electrons. The first-order valence-corrected chi connectivity index (χ1v) is 4.15. The van der Waals surface area contributed by atoms with Gasteiger partial charge in [-0.2, -0.15) is 0 Å². The normalized spacial score (nSPS) is 11.2. The van der Waals surface area contributed by atoms with Crippen LogP contribution in [0.3, 0.4) is 0 Å². The maximum absolute atomic E-state index is 10.8. The fourth-order valence-electron chi connectivity index (χ4n) is 1.09. The van der Waals surface area contributed by atoms with Gasteiger partial charge in [-0.1, -0.05) is 0 Å². The van der Waals surface area contributed by atoms with Crippen molar-refractivity contribution in [1.82, 2.24) is 4.98 Å². The van der Waals surface area contributed by atoms with Gasteiger partial charge in [-0.3, -0.25) is 9.78 Å². The minimum atomic E-state index is -0.774. The molecule has 3 nitrogen and oxygen atoms in total. The van der Waals surface area contributed by atoms with Crippen LogP contribution in [-0.4, -0.2) is 16.1 Å². The number of carboxylic acids is 1. The van der Waals surface area contributed by atoms with E-state index in [2.05, 4.69) is 4.98 Å². The smallest absolute Gasteiger partial charge is 0.309 e. The third kappa shape index (κ3) is 2.54. The van der Waals surface area contributed by atoms with Crippen molar-refractivity contribution >= 4 is 5.97 Å². The summed E-state index contributed by atoms with van der Waals surface area (Å²) in [7, 11) is 0. The van der Waals surface area contributed by atoms with Crippen LogP contribution >= 0.6 is 0 Å². The van der Waals surface area contributed by atoms with E-state index in [0.29, 0.717) is 6.42 Å². The fourth-order valence-corrected chi connectivity index (χ4v) is 1.09. The molecule has 3 heteroatoms. The summed E-state index contributed by atoms with van der Waals surface area (Å²) in [5.74, 6) is -0.774. The van der Waals surface area contributed by atoms with Gasteiger partial charge in [-0.25, -0.2) is 0 Å². The molecule has 0 amide bonds. The Morgan fingerprint density at radius 1 is 1.46 bits per heavy atom. The highest BCUT2D eigenvalue weighted by atomic mass is 16.4. The van der Waals surface area contributed by atoms with Crippen LogP contribution < -0.4 is 0 Å². The van der Waals surface area contributed by atoms with Crippen molar-refractivity contribution in [2.45, 2.75) is 20.3 Å². The monoisotopic (exact) mass is 179 g/mol. The largest absolute Gasteiger partial charge is 0.481 e. The number of hydrogen-bond acceptors (Lipinski definition) is 2. The van der Waals surface area contributed by atoms with Crippen LogP contribution in [0.5, 0.6) is 0 Å². The third-order valence-corrected chi connectivity index (χ3v) is 1.97. The number of aromatic nitrogens is 1. The molecule has 13 heavy (non-hydrogen) atoms. The van der Waals surface area contributed by atoms with Gasteiger partial charge in [0.1, 0.15) is 0 Å². The van der Waals surface area contributed by atoms with E-state index in [0.717, 1.165) is 5.56 Å². The molecule has 0 aliphatic rings. The molecule has 0 bridgehead atoms. The predicted molar refractivity (Wildman–Crippen MR) is 49.4 cm³/mol. The van der Waals surface area contributed by atoms with Gasteiger partial charge in [0, 0.05) is 12.4 Å². The second-order valence-corrected chi connectivity index (χ2v) is 3.72. The lowest BCUT2D eigenvalue weighted by Crippen LogP contribution is -2.26. The molecule has 0 atom stereocenters. The maximum atomic E-state index is 10.8. The molecule has 0 spiro atoms. The highest BCUT2D eigenvalue weighted by molar-refractivity contribution is 5.74. The topological polar surface area (TPSA) is 50.2 Å². The SMILES string of the molecule is CC(C)(Cc1ccncc1)C(=O)O. The number of carboxylic acid groups (broad SMARTS) is 1. The van der Waals surface area contributed by atoms with E-state index in [1.807, 2.05) is 12.1 Å². The fraction of sp³-hybridized carbons (Fsp3) is 0.400. The van der Waals surface area contributed by atoms with E-state index >= 15 is 0 Å². The number of pyridine rings is 1. The lowest BCUT2D eigenvalue weighted by atomic mass is 9.86. The molecule has 0 fully saturated rings. The molecule has 0 saturated carbocycles. The number of nitrogens with zero attached hydrogens (tertiary/aromatic N) is 1. The van der Waals surface area contributed by atoms with Crippen LogP contribution in [0.4, 0.5) is 0 Å². The van der Waals surface area contributed by atoms with E-state index < -0.39 is 11.4 Å². The minimum Gasteiger partial charge on any atom is -0.481 e. The average molecular weight is 179 g/mol. The maximum Gasteiger partial charge on any atom is 0.309 e. The zero-order valence-electron chi connectivity index (χ0n) is 7.82. The Morgan fingerprint density at radius 3 is 2.46 bits per heavy atom. The van der Waals surface area contributed by atoms with Crippen LogP contribution in [0.15, 0.2) is 24.5 Å². The first-order chi connectivity index (χ1) is 6.02. The van der Waals surface area contributed by atoms with Crippen LogP contribution in [0.1, 0.15) is 19.4 Å². The molecule has 1 N–H and O–H groups in total. The Morgan fingerprint density at radius 2 is 2.00 bits per heavy atom. The van der Waals surface area contributed by atoms with Crippen LogP contribution in [0.25, 0.3) is 0 Å². The number of aliphatic carboxylic acids is 1. The molecule has 0 aromatic carbocycles. The van der Waals surface area contributed by atoms with Gasteiger partial charge in [-0.15, -0.1) is 0 Å². The third-order valence-electron chi connectivity index (χ3n) is 1.97. The van der Waals surface area contributed by atoms with Crippen molar-refractivity contribution in [1.29, 1.82) is 0 Å². The average Bonchev–Trinajstić information content (AvgIpc) is 2.05. The zero-order chi connectivity index (χ0) is 9.90. The van der Waals surface area contributed by atoms with E-state index in [-0.39, 0.29) is 0 Å². The first kappa shape index (κ1) is 9.71. The second kappa shape index (κ2) is 3.56. The summed E-state index contributed by atoms with van der Waals surface area (Å²) >= 11 is 0. The van der Waals surface area contributed by atoms with Crippen molar-refractivity contribution < 1.29 is 9.90 Å². The quantitative estimate of drug-likeness (QED) is 0.768. The standard InChI is InChI=1S/C10H13NO2/c1-10(2,9(12)13)7-8-3-5-11-6-4-8/h3-6H,7H2,1-2H3,(H,12,13). The van der Waals surface area contributed by atoms with Crippen molar-refractivity contribution in [3.63, 3.8) is 0 Å². The van der Waals surface area contributed by atoms with Gasteiger partial charge in [-0.05, 0) is 38.0 Å². The van der Waals surface area contributed by atoms with Crippen molar-refractivity contribution in [2.24, 2.45) is 5.41 Å². The minimum absolute atomic E-state index is 0.533. The lowest BCUT2D eigenvalue weighted by molar-refractivity contribution is -0.146. The van der Waals surface area contributed by atoms with Crippen LogP contribution in [0, 0.1) is 5.41 Å². The molecular weight excluding hydrogens is 166 g/mol. The molecule has 0 unspecified atom stereocenters. The molecule has 0 saturated heterocycles. The Hall–Kier alpha value is -1.38. The Balaban J connectivity index is 2.75. The van der Waals surface area contributed by atoms with Crippen molar-refractivity contribution in [3.8, 4) is 0 Å². The van der Waals surface area contributed by atoms with E-state index in [4.69, 9.17) is 5.11 Å². The summed E-state index contributed by atoms with van der Waals surface area (Å²) in [5, 5.41) is 8.89. The van der Waals surface area contributed by atoms with Gasteiger partial charge < -0.3 is 5.11 Å². The second-order valence-electron chi connectivity index (χ2n) is 3.72. The van der Waals surface area contributed by atoms with Gasteiger partial charge in [0.05, 0.1) is 5.41 Å². The van der Waals surface area contributed by atoms with E-state index in [1.165, 1.54) is 0 Å². The van der Waals surface area contributed by atoms with Gasteiger partial charge in [0.15, 0.2) is 0 Å². The molecule has 0 aliphatic heterocycles. The van der Waals surface area contributed by atoms with Crippen molar-refractivity contribution in [2.75, 3.05) is 0 Å². The summed E-state index contributed by atoms with van der Waals surface area (Å²) in [6.07, 6.45) is 3.88. The van der Waals surface area contributed by atoms with Crippen molar-refractivity contribution in [3.05, 3.63) is 30.1 Å². The summed E-state index contributed by atoms with van der Waals surface area (Å²) in [6, 6.07) is 3.68. The highest BCUT2D eigenvalue weighted by Gasteiger charge is 2.26. The van der Waals surface area contributed by atoms with Gasteiger partial charge in [0.2, 0.25) is 0 Å². The summed E-state index contributed by atoms with van der Waals surface area (Å²) < 4.78 is 0. The van der Waals surface area contributed by atoms with Gasteiger partial charge >= 0.3 is 5.97 Å². The molecule has 1 rings (SSSR count). The summed E-state index contributed by atoms with van der Waals surface area (Å²) in [6.45, 7) is 3.44. The Bertz CT molecular complexity index is 293.